The molecule has 2 atom stereocenters. The van der Waals surface area contributed by atoms with Crippen molar-refractivity contribution in [2.24, 2.45) is 5.92 Å². The van der Waals surface area contributed by atoms with Gasteiger partial charge in [-0.3, -0.25) is 9.89 Å². The molecule has 0 bridgehead atoms. The van der Waals surface area contributed by atoms with Crippen LogP contribution in [0.1, 0.15) is 35.2 Å². The first kappa shape index (κ1) is 20.6. The molecule has 2 N–H and O–H groups in total. The van der Waals surface area contributed by atoms with E-state index in [1.807, 2.05) is 23.2 Å². The Balaban J connectivity index is 1.45. The van der Waals surface area contributed by atoms with E-state index in [1.54, 1.807) is 6.33 Å². The number of aliphatic hydroxyl groups excluding tert-OH is 1. The number of amides is 1. The number of benzene rings is 1. The van der Waals surface area contributed by atoms with Gasteiger partial charge in [0.05, 0.1) is 18.3 Å². The highest BCUT2D eigenvalue weighted by atomic mass is 16.3. The Kier molecular flexibility index (Phi) is 5.38. The fourth-order valence-corrected chi connectivity index (χ4v) is 5.28. The Labute approximate surface area is 187 Å². The zero-order chi connectivity index (χ0) is 22.2. The second-order valence-electron chi connectivity index (χ2n) is 8.76. The van der Waals surface area contributed by atoms with Crippen molar-refractivity contribution >= 4 is 22.6 Å². The average molecular weight is 433 g/mol. The van der Waals surface area contributed by atoms with E-state index < -0.39 is 0 Å². The van der Waals surface area contributed by atoms with Crippen molar-refractivity contribution in [3.8, 4) is 0 Å². The summed E-state index contributed by atoms with van der Waals surface area (Å²) in [6.07, 6.45) is 6.58. The third-order valence-electron chi connectivity index (χ3n) is 7.00. The minimum Gasteiger partial charge on any atom is -0.392 e. The van der Waals surface area contributed by atoms with E-state index in [0.717, 1.165) is 53.9 Å². The number of carbonyl (C=O) groups is 1. The molecule has 1 saturated heterocycles. The molecule has 1 aliphatic carbocycles. The lowest BCUT2D eigenvalue weighted by Crippen LogP contribution is -2.49. The summed E-state index contributed by atoms with van der Waals surface area (Å²) >= 11 is 0. The molecular weight excluding hydrogens is 404 g/mol. The maximum atomic E-state index is 11.9. The van der Waals surface area contributed by atoms with Gasteiger partial charge in [-0.1, -0.05) is 19.6 Å². The van der Waals surface area contributed by atoms with Gasteiger partial charge in [-0.25, -0.2) is 9.97 Å². The van der Waals surface area contributed by atoms with Crippen LogP contribution in [0.5, 0.6) is 0 Å². The molecular formula is C24H28N6O2. The number of hydrogen-bond donors (Lipinski definition) is 2. The minimum absolute atomic E-state index is 0.00919. The predicted octanol–water partition coefficient (Wildman–Crippen LogP) is 2.20. The Bertz CT molecular complexity index is 1160. The third-order valence-corrected chi connectivity index (χ3v) is 7.00. The van der Waals surface area contributed by atoms with Crippen molar-refractivity contribution in [3.63, 3.8) is 0 Å². The van der Waals surface area contributed by atoms with Gasteiger partial charge in [-0.15, -0.1) is 0 Å². The molecule has 32 heavy (non-hydrogen) atoms. The molecule has 0 unspecified atom stereocenters. The number of nitrogens with one attached hydrogen (secondary N) is 1. The van der Waals surface area contributed by atoms with Gasteiger partial charge >= 0.3 is 0 Å². The first-order valence-electron chi connectivity index (χ1n) is 11.2. The predicted molar refractivity (Wildman–Crippen MR) is 122 cm³/mol. The molecule has 2 aromatic heterocycles. The molecule has 1 fully saturated rings. The van der Waals surface area contributed by atoms with Crippen LogP contribution >= 0.6 is 0 Å². The summed E-state index contributed by atoms with van der Waals surface area (Å²) < 4.78 is 0. The van der Waals surface area contributed by atoms with E-state index in [0.29, 0.717) is 19.0 Å². The van der Waals surface area contributed by atoms with Crippen molar-refractivity contribution in [2.75, 3.05) is 31.1 Å². The fourth-order valence-electron chi connectivity index (χ4n) is 5.28. The summed E-state index contributed by atoms with van der Waals surface area (Å²) in [4.78, 5) is 25.3. The Hall–Kier alpha value is -3.26. The lowest BCUT2D eigenvalue weighted by atomic mass is 9.73. The van der Waals surface area contributed by atoms with Crippen LogP contribution in [0.2, 0.25) is 0 Å². The van der Waals surface area contributed by atoms with E-state index in [9.17, 15) is 9.90 Å². The first-order valence-corrected chi connectivity index (χ1v) is 11.2. The standard InChI is InChI=1S/C24H28N6O2/c1-3-22(32)29-6-8-30(9-7-29)24-18-10-15(2)17(11-21(18)25-14-26-24)23-16(13-31)4-5-20-19(23)12-27-28-20/h3-5,12,14-15,17,31H,1,6-11,13H2,2H3,(H,27,28)/t15-,17-/m1/s1. The van der Waals surface area contributed by atoms with E-state index in [-0.39, 0.29) is 18.4 Å². The number of aliphatic hydroxyl groups is 1. The number of aromatic nitrogens is 4. The van der Waals surface area contributed by atoms with Gasteiger partial charge in [0, 0.05) is 42.8 Å². The van der Waals surface area contributed by atoms with Gasteiger partial charge < -0.3 is 14.9 Å². The summed E-state index contributed by atoms with van der Waals surface area (Å²) in [5, 5.41) is 18.4. The van der Waals surface area contributed by atoms with Gasteiger partial charge in [0.1, 0.15) is 12.1 Å². The van der Waals surface area contributed by atoms with Crippen LogP contribution in [0.4, 0.5) is 5.82 Å². The van der Waals surface area contributed by atoms with E-state index >= 15 is 0 Å². The van der Waals surface area contributed by atoms with Crippen LogP contribution in [-0.2, 0) is 24.2 Å². The summed E-state index contributed by atoms with van der Waals surface area (Å²) in [5.41, 5.74) is 5.41. The van der Waals surface area contributed by atoms with Gasteiger partial charge in [0.25, 0.3) is 0 Å². The summed E-state index contributed by atoms with van der Waals surface area (Å²) in [6.45, 7) is 8.72. The van der Waals surface area contributed by atoms with Crippen LogP contribution < -0.4 is 4.90 Å². The highest BCUT2D eigenvalue weighted by Gasteiger charge is 2.33. The molecule has 1 amide bonds. The van der Waals surface area contributed by atoms with Crippen LogP contribution in [-0.4, -0.2) is 62.3 Å². The average Bonchev–Trinajstić information content (AvgIpc) is 3.31. The quantitative estimate of drug-likeness (QED) is 0.614. The molecule has 3 aromatic rings. The van der Waals surface area contributed by atoms with Gasteiger partial charge in [-0.2, -0.15) is 5.10 Å². The summed E-state index contributed by atoms with van der Waals surface area (Å²) in [6, 6.07) is 3.98. The lowest BCUT2D eigenvalue weighted by molar-refractivity contribution is -0.126. The molecule has 166 valence electrons. The second kappa shape index (κ2) is 8.35. The van der Waals surface area contributed by atoms with Crippen LogP contribution in [0.15, 0.2) is 37.3 Å². The molecule has 1 aliphatic heterocycles. The smallest absolute Gasteiger partial charge is 0.246 e. The normalized spacial score (nSPS) is 20.9. The zero-order valence-corrected chi connectivity index (χ0v) is 18.3. The molecule has 1 aromatic carbocycles. The fraction of sp³-hybridized carbons (Fsp3) is 0.417. The molecule has 2 aliphatic rings. The van der Waals surface area contributed by atoms with Gasteiger partial charge in [-0.05, 0) is 47.9 Å². The highest BCUT2D eigenvalue weighted by Crippen LogP contribution is 2.42. The maximum Gasteiger partial charge on any atom is 0.246 e. The summed E-state index contributed by atoms with van der Waals surface area (Å²) in [7, 11) is 0. The molecule has 5 rings (SSSR count). The minimum atomic E-state index is -0.0149. The number of carbonyl (C=O) groups excluding carboxylic acids is 1. The van der Waals surface area contributed by atoms with Crippen LogP contribution in [0.3, 0.4) is 0 Å². The number of aromatic amines is 1. The topological polar surface area (TPSA) is 98.2 Å². The number of fused-ring (bicyclic) bond motifs is 2. The van der Waals surface area contributed by atoms with Crippen molar-refractivity contribution in [1.82, 2.24) is 25.1 Å². The second-order valence-corrected chi connectivity index (χ2v) is 8.76. The molecule has 3 heterocycles. The van der Waals surface area contributed by atoms with E-state index in [4.69, 9.17) is 0 Å². The molecule has 0 saturated carbocycles. The molecule has 0 spiro atoms. The van der Waals surface area contributed by atoms with Gasteiger partial charge in [0.15, 0.2) is 0 Å². The van der Waals surface area contributed by atoms with Gasteiger partial charge in [0.2, 0.25) is 5.91 Å². The van der Waals surface area contributed by atoms with Crippen molar-refractivity contribution in [1.29, 1.82) is 0 Å². The number of nitrogens with zero attached hydrogens (tertiary/aromatic N) is 5. The molecule has 8 heteroatoms. The number of piperazine rings is 1. The SMILES string of the molecule is C=CC(=O)N1CCN(c2ncnc3c2C[C@@H](C)[C@H](c2c(CO)ccc4[nH]ncc24)C3)CC1. The Morgan fingerprint density at radius 2 is 2.06 bits per heavy atom. The van der Waals surface area contributed by atoms with E-state index in [1.165, 1.54) is 17.2 Å². The zero-order valence-electron chi connectivity index (χ0n) is 18.3. The van der Waals surface area contributed by atoms with Crippen LogP contribution in [0, 0.1) is 5.92 Å². The Morgan fingerprint density at radius 3 is 2.81 bits per heavy atom. The molecule has 8 nitrogen and oxygen atoms in total. The van der Waals surface area contributed by atoms with Crippen molar-refractivity contribution < 1.29 is 9.90 Å². The highest BCUT2D eigenvalue weighted by molar-refractivity contribution is 5.87. The number of H-pyrrole nitrogens is 1. The number of anilines is 1. The molecule has 0 radical (unpaired) electrons. The maximum absolute atomic E-state index is 11.9. The lowest BCUT2D eigenvalue weighted by Gasteiger charge is -2.38. The van der Waals surface area contributed by atoms with Crippen molar-refractivity contribution in [2.45, 2.75) is 32.3 Å². The third kappa shape index (κ3) is 3.44. The van der Waals surface area contributed by atoms with E-state index in [2.05, 4.69) is 38.6 Å². The summed E-state index contributed by atoms with van der Waals surface area (Å²) in [5.74, 6) is 1.59. The Morgan fingerprint density at radius 1 is 1.25 bits per heavy atom. The van der Waals surface area contributed by atoms with Crippen LogP contribution in [0.25, 0.3) is 10.9 Å². The van der Waals surface area contributed by atoms with Crippen molar-refractivity contribution in [3.05, 3.63) is 59.7 Å². The number of rotatable bonds is 4. The largest absolute Gasteiger partial charge is 0.392 e. The first-order chi connectivity index (χ1) is 15.6. The number of hydrogen-bond acceptors (Lipinski definition) is 6. The monoisotopic (exact) mass is 432 g/mol.